The van der Waals surface area contributed by atoms with E-state index in [0.29, 0.717) is 30.1 Å². The van der Waals surface area contributed by atoms with Crippen LogP contribution in [0.1, 0.15) is 30.1 Å². The molecule has 2 aromatic carbocycles. The first-order valence-electron chi connectivity index (χ1n) is 9.91. The molecule has 1 fully saturated rings. The van der Waals surface area contributed by atoms with Gasteiger partial charge in [0.15, 0.2) is 9.84 Å². The van der Waals surface area contributed by atoms with Gasteiger partial charge in [0.1, 0.15) is 0 Å². The Bertz CT molecular complexity index is 1180. The van der Waals surface area contributed by atoms with Crippen LogP contribution in [0.5, 0.6) is 0 Å². The van der Waals surface area contributed by atoms with E-state index in [-0.39, 0.29) is 27.9 Å². The van der Waals surface area contributed by atoms with Gasteiger partial charge < -0.3 is 4.90 Å². The quantitative estimate of drug-likeness (QED) is 0.601. The molecule has 1 saturated heterocycles. The number of amides is 1. The minimum absolute atomic E-state index is 0.0312. The zero-order chi connectivity index (χ0) is 22.8. The normalized spacial score (nSPS) is 18.0. The largest absolute Gasteiger partial charge is 0.335 e. The van der Waals surface area contributed by atoms with E-state index in [1.165, 1.54) is 31.3 Å². The second-order valence-corrected chi connectivity index (χ2v) is 12.2. The molecular formula is C21H25ClN2O5S2. The maximum Gasteiger partial charge on any atom is 0.264 e. The molecule has 7 nitrogen and oxygen atoms in total. The standard InChI is InChI=1S/C21H25ClN2O5S2/c1-3-11-24(19-10-12-30(26,27)15-19)21(25)16-6-4-9-20(13-16)31(28,29)23(2)18-8-5-7-17(22)14-18/h4-9,13-14,19H,3,10-12,15H2,1-2H3. The molecular weight excluding hydrogens is 460 g/mol. The average molecular weight is 485 g/mol. The Morgan fingerprint density at radius 3 is 2.48 bits per heavy atom. The molecule has 1 aliphatic heterocycles. The summed E-state index contributed by atoms with van der Waals surface area (Å²) >= 11 is 5.98. The molecule has 0 aromatic heterocycles. The van der Waals surface area contributed by atoms with E-state index in [1.807, 2.05) is 6.92 Å². The number of rotatable bonds is 7. The van der Waals surface area contributed by atoms with Crippen molar-refractivity contribution in [3.63, 3.8) is 0 Å². The van der Waals surface area contributed by atoms with Crippen molar-refractivity contribution in [3.05, 3.63) is 59.1 Å². The predicted octanol–water partition coefficient (Wildman–Crippen LogP) is 3.20. The predicted molar refractivity (Wildman–Crippen MR) is 122 cm³/mol. The van der Waals surface area contributed by atoms with Crippen molar-refractivity contribution in [2.24, 2.45) is 0 Å². The molecule has 1 amide bonds. The van der Waals surface area contributed by atoms with Crippen molar-refractivity contribution >= 4 is 43.1 Å². The summed E-state index contributed by atoms with van der Waals surface area (Å²) in [5.74, 6) is -0.371. The Balaban J connectivity index is 1.91. The lowest BCUT2D eigenvalue weighted by atomic mass is 10.1. The zero-order valence-electron chi connectivity index (χ0n) is 17.4. The fourth-order valence-electron chi connectivity index (χ4n) is 3.64. The molecule has 0 aliphatic carbocycles. The number of hydrogen-bond donors (Lipinski definition) is 0. The number of sulfone groups is 1. The van der Waals surface area contributed by atoms with Crippen molar-refractivity contribution in [3.8, 4) is 0 Å². The molecule has 0 N–H and O–H groups in total. The van der Waals surface area contributed by atoms with Gasteiger partial charge in [-0.15, -0.1) is 0 Å². The molecule has 0 radical (unpaired) electrons. The summed E-state index contributed by atoms with van der Waals surface area (Å²) in [6, 6.07) is 11.9. The fraction of sp³-hybridized carbons (Fsp3) is 0.381. The molecule has 2 aromatic rings. The summed E-state index contributed by atoms with van der Waals surface area (Å²) in [4.78, 5) is 14.7. The van der Waals surface area contributed by atoms with E-state index in [9.17, 15) is 21.6 Å². The molecule has 0 bridgehead atoms. The number of anilines is 1. The van der Waals surface area contributed by atoms with Crippen LogP contribution in [0, 0.1) is 0 Å². The molecule has 0 saturated carbocycles. The van der Waals surface area contributed by atoms with Gasteiger partial charge in [0, 0.05) is 30.2 Å². The lowest BCUT2D eigenvalue weighted by Crippen LogP contribution is -2.41. The molecule has 168 valence electrons. The number of halogens is 1. The van der Waals surface area contributed by atoms with Gasteiger partial charge in [0.05, 0.1) is 22.1 Å². The van der Waals surface area contributed by atoms with E-state index in [2.05, 4.69) is 0 Å². The summed E-state index contributed by atoms with van der Waals surface area (Å²) < 4.78 is 51.2. The number of hydrogen-bond acceptors (Lipinski definition) is 5. The highest BCUT2D eigenvalue weighted by molar-refractivity contribution is 7.92. The number of benzene rings is 2. The molecule has 1 heterocycles. The minimum atomic E-state index is -3.93. The van der Waals surface area contributed by atoms with Gasteiger partial charge in [-0.3, -0.25) is 9.10 Å². The number of nitrogens with zero attached hydrogens (tertiary/aromatic N) is 2. The first-order chi connectivity index (χ1) is 14.5. The third kappa shape index (κ3) is 5.22. The lowest BCUT2D eigenvalue weighted by Gasteiger charge is -2.28. The smallest absolute Gasteiger partial charge is 0.264 e. The van der Waals surface area contributed by atoms with Crippen LogP contribution in [-0.2, 0) is 19.9 Å². The summed E-state index contributed by atoms with van der Waals surface area (Å²) in [5.41, 5.74) is 0.603. The van der Waals surface area contributed by atoms with Gasteiger partial charge in [0.2, 0.25) is 0 Å². The van der Waals surface area contributed by atoms with Crippen molar-refractivity contribution in [2.45, 2.75) is 30.7 Å². The van der Waals surface area contributed by atoms with Gasteiger partial charge in [0.25, 0.3) is 15.9 Å². The van der Waals surface area contributed by atoms with E-state index in [4.69, 9.17) is 11.6 Å². The Morgan fingerprint density at radius 2 is 1.87 bits per heavy atom. The van der Waals surface area contributed by atoms with E-state index in [1.54, 1.807) is 29.2 Å². The van der Waals surface area contributed by atoms with Crippen LogP contribution in [0.3, 0.4) is 0 Å². The number of sulfonamides is 1. The molecule has 10 heteroatoms. The molecule has 0 spiro atoms. The highest BCUT2D eigenvalue weighted by Gasteiger charge is 2.35. The first kappa shape index (κ1) is 23.6. The molecule has 1 aliphatic rings. The Hall–Kier alpha value is -2.10. The fourth-order valence-corrected chi connectivity index (χ4v) is 6.79. The third-order valence-electron chi connectivity index (χ3n) is 5.29. The van der Waals surface area contributed by atoms with E-state index < -0.39 is 25.9 Å². The Labute approximate surface area is 188 Å². The van der Waals surface area contributed by atoms with E-state index >= 15 is 0 Å². The summed E-state index contributed by atoms with van der Waals surface area (Å²) in [6.45, 7) is 2.31. The van der Waals surface area contributed by atoms with Crippen LogP contribution in [0.15, 0.2) is 53.4 Å². The maximum absolute atomic E-state index is 13.2. The van der Waals surface area contributed by atoms with Crippen molar-refractivity contribution in [1.29, 1.82) is 0 Å². The minimum Gasteiger partial charge on any atom is -0.335 e. The van der Waals surface area contributed by atoms with E-state index in [0.717, 1.165) is 4.31 Å². The van der Waals surface area contributed by atoms with Crippen LogP contribution < -0.4 is 4.31 Å². The number of carbonyl (C=O) groups excluding carboxylic acids is 1. The van der Waals surface area contributed by atoms with Gasteiger partial charge in [-0.25, -0.2) is 16.8 Å². The second kappa shape index (κ2) is 9.18. The van der Waals surface area contributed by atoms with Gasteiger partial charge >= 0.3 is 0 Å². The lowest BCUT2D eigenvalue weighted by molar-refractivity contribution is 0.0697. The second-order valence-electron chi connectivity index (χ2n) is 7.54. The average Bonchev–Trinajstić information content (AvgIpc) is 3.10. The van der Waals surface area contributed by atoms with Crippen LogP contribution in [0.4, 0.5) is 5.69 Å². The molecule has 31 heavy (non-hydrogen) atoms. The highest BCUT2D eigenvalue weighted by Crippen LogP contribution is 2.26. The van der Waals surface area contributed by atoms with Crippen molar-refractivity contribution < 1.29 is 21.6 Å². The first-order valence-corrected chi connectivity index (χ1v) is 13.5. The Kier molecular flexibility index (Phi) is 6.98. The van der Waals surface area contributed by atoms with Crippen LogP contribution in [-0.4, -0.2) is 58.8 Å². The van der Waals surface area contributed by atoms with Crippen molar-refractivity contribution in [2.75, 3.05) is 29.4 Å². The Morgan fingerprint density at radius 1 is 1.16 bits per heavy atom. The van der Waals surface area contributed by atoms with Gasteiger partial charge in [-0.05, 0) is 49.2 Å². The molecule has 1 atom stereocenters. The van der Waals surface area contributed by atoms with Gasteiger partial charge in [-0.2, -0.15) is 0 Å². The SMILES string of the molecule is CCCN(C(=O)c1cccc(S(=O)(=O)N(C)c2cccc(Cl)c2)c1)C1CCS(=O)(=O)C1. The zero-order valence-corrected chi connectivity index (χ0v) is 19.8. The summed E-state index contributed by atoms with van der Waals surface area (Å²) in [7, 11) is -5.67. The summed E-state index contributed by atoms with van der Waals surface area (Å²) in [6.07, 6.45) is 1.06. The van der Waals surface area contributed by atoms with Gasteiger partial charge in [-0.1, -0.05) is 30.7 Å². The van der Waals surface area contributed by atoms with Crippen molar-refractivity contribution in [1.82, 2.24) is 4.90 Å². The highest BCUT2D eigenvalue weighted by atomic mass is 35.5. The monoisotopic (exact) mass is 484 g/mol. The molecule has 3 rings (SSSR count). The summed E-state index contributed by atoms with van der Waals surface area (Å²) in [5, 5.41) is 0.408. The number of carbonyl (C=O) groups is 1. The molecule has 1 unspecified atom stereocenters. The van der Waals surface area contributed by atoms with Crippen LogP contribution in [0.2, 0.25) is 5.02 Å². The van der Waals surface area contributed by atoms with Crippen LogP contribution in [0.25, 0.3) is 0 Å². The third-order valence-corrected chi connectivity index (χ3v) is 9.05. The maximum atomic E-state index is 13.2. The van der Waals surface area contributed by atoms with Crippen LogP contribution >= 0.6 is 11.6 Å². The topological polar surface area (TPSA) is 91.8 Å².